The summed E-state index contributed by atoms with van der Waals surface area (Å²) in [4.78, 5) is 21.2. The zero-order valence-electron chi connectivity index (χ0n) is 12.3. The van der Waals surface area contributed by atoms with Crippen LogP contribution >= 0.6 is 11.6 Å². The molecule has 2 rings (SSSR count). The third kappa shape index (κ3) is 3.96. The highest BCUT2D eigenvalue weighted by Crippen LogP contribution is 2.33. The van der Waals surface area contributed by atoms with Crippen molar-refractivity contribution in [2.45, 2.75) is 38.1 Å². The lowest BCUT2D eigenvalue weighted by molar-refractivity contribution is -0.140. The number of hydrogen-bond donors (Lipinski definition) is 2. The van der Waals surface area contributed by atoms with E-state index in [1.54, 1.807) is 0 Å². The first kappa shape index (κ1) is 16.7. The number of ether oxygens (including phenoxy) is 1. The molecule has 1 aliphatic rings. The normalized spacial score (nSPS) is 14.9. The minimum Gasteiger partial charge on any atom is -0.469 e. The first-order valence-electron chi connectivity index (χ1n) is 7.06. The Balaban J connectivity index is 2.30. The molecule has 0 amide bonds. The van der Waals surface area contributed by atoms with Gasteiger partial charge in [0.25, 0.3) is 0 Å². The summed E-state index contributed by atoms with van der Waals surface area (Å²) in [5.41, 5.74) is 0.0150. The molecule has 2 N–H and O–H groups in total. The first-order valence-corrected chi connectivity index (χ1v) is 7.44. The molecule has 0 atom stereocenters. The average Bonchev–Trinajstić information content (AvgIpc) is 3.01. The smallest absolute Gasteiger partial charge is 0.307 e. The Hall–Kier alpha value is -1.64. The van der Waals surface area contributed by atoms with Crippen LogP contribution in [0.5, 0.6) is 0 Å². The van der Waals surface area contributed by atoms with Crippen molar-refractivity contribution in [3.8, 4) is 0 Å². The standard InChI is InChI=1S/C13H19ClN4O4/c1-22-11(19)6-7-17(9-4-2-3-5-9)12-10(18(20)21)8-15-13(14)16-12/h8-9,20-21H,2-7H2,1H3. The highest BCUT2D eigenvalue weighted by molar-refractivity contribution is 6.28. The van der Waals surface area contributed by atoms with Crippen LogP contribution in [0.15, 0.2) is 6.20 Å². The maximum Gasteiger partial charge on any atom is 0.307 e. The molecule has 1 aliphatic carbocycles. The topological polar surface area (TPSA) is 99.0 Å². The van der Waals surface area contributed by atoms with Crippen molar-refractivity contribution in [3.63, 3.8) is 0 Å². The van der Waals surface area contributed by atoms with Crippen LogP contribution in [0.1, 0.15) is 32.1 Å². The van der Waals surface area contributed by atoms with Crippen LogP contribution in [-0.4, -0.2) is 46.0 Å². The zero-order valence-corrected chi connectivity index (χ0v) is 13.0. The lowest BCUT2D eigenvalue weighted by Gasteiger charge is -2.31. The molecule has 22 heavy (non-hydrogen) atoms. The van der Waals surface area contributed by atoms with Crippen molar-refractivity contribution in [3.05, 3.63) is 11.5 Å². The number of hydrogen-bond acceptors (Lipinski definition) is 8. The maximum absolute atomic E-state index is 11.4. The minimum absolute atomic E-state index is 0.00154. The lowest BCUT2D eigenvalue weighted by Crippen LogP contribution is -2.37. The van der Waals surface area contributed by atoms with Crippen LogP contribution in [0, 0.1) is 0 Å². The number of carbonyl (C=O) groups excluding carboxylic acids is 1. The van der Waals surface area contributed by atoms with Gasteiger partial charge in [-0.3, -0.25) is 15.2 Å². The van der Waals surface area contributed by atoms with Gasteiger partial charge in [0, 0.05) is 12.6 Å². The molecular formula is C13H19ClN4O4. The molecule has 0 saturated heterocycles. The second-order valence-electron chi connectivity index (χ2n) is 5.10. The monoisotopic (exact) mass is 330 g/mol. The maximum atomic E-state index is 11.4. The second-order valence-corrected chi connectivity index (χ2v) is 5.43. The summed E-state index contributed by atoms with van der Waals surface area (Å²) in [7, 11) is 1.33. The van der Waals surface area contributed by atoms with Gasteiger partial charge in [-0.1, -0.05) is 12.8 Å². The number of halogens is 1. The first-order chi connectivity index (χ1) is 10.5. The summed E-state index contributed by atoms with van der Waals surface area (Å²) in [5, 5.41) is 18.7. The van der Waals surface area contributed by atoms with E-state index < -0.39 is 0 Å². The van der Waals surface area contributed by atoms with Gasteiger partial charge in [-0.05, 0) is 24.4 Å². The summed E-state index contributed by atoms with van der Waals surface area (Å²) in [6.45, 7) is 0.353. The summed E-state index contributed by atoms with van der Waals surface area (Å²) in [6.07, 6.45) is 5.44. The van der Waals surface area contributed by atoms with Gasteiger partial charge in [0.2, 0.25) is 5.28 Å². The number of aromatic nitrogens is 2. The number of anilines is 2. The van der Waals surface area contributed by atoms with Crippen molar-refractivity contribution >= 4 is 29.1 Å². The molecule has 0 unspecified atom stereocenters. The van der Waals surface area contributed by atoms with E-state index in [0.717, 1.165) is 25.7 Å². The van der Waals surface area contributed by atoms with Crippen molar-refractivity contribution in [2.24, 2.45) is 0 Å². The molecule has 0 bridgehead atoms. The van der Waals surface area contributed by atoms with Crippen LogP contribution in [0.3, 0.4) is 0 Å². The number of carbonyl (C=O) groups is 1. The van der Waals surface area contributed by atoms with Crippen LogP contribution < -0.4 is 10.1 Å². The molecule has 0 aromatic carbocycles. The van der Waals surface area contributed by atoms with E-state index in [4.69, 9.17) is 11.6 Å². The van der Waals surface area contributed by atoms with Gasteiger partial charge in [-0.2, -0.15) is 4.98 Å². The fourth-order valence-electron chi connectivity index (χ4n) is 2.69. The van der Waals surface area contributed by atoms with Gasteiger partial charge >= 0.3 is 5.97 Å². The van der Waals surface area contributed by atoms with Gasteiger partial charge in [-0.25, -0.2) is 4.98 Å². The second kappa shape index (κ2) is 7.57. The van der Waals surface area contributed by atoms with Crippen LogP contribution in [0.25, 0.3) is 0 Å². The van der Waals surface area contributed by atoms with Crippen molar-refractivity contribution in [2.75, 3.05) is 23.8 Å². The van der Waals surface area contributed by atoms with E-state index in [0.29, 0.717) is 12.4 Å². The molecule has 1 saturated carbocycles. The van der Waals surface area contributed by atoms with E-state index in [1.165, 1.54) is 13.3 Å². The van der Waals surface area contributed by atoms with Gasteiger partial charge in [0.15, 0.2) is 11.5 Å². The van der Waals surface area contributed by atoms with Crippen LogP contribution in [-0.2, 0) is 9.53 Å². The Kier molecular flexibility index (Phi) is 5.76. The van der Waals surface area contributed by atoms with Gasteiger partial charge in [-0.15, -0.1) is 5.23 Å². The summed E-state index contributed by atoms with van der Waals surface area (Å²) >= 11 is 5.84. The van der Waals surface area contributed by atoms with Crippen LogP contribution in [0.2, 0.25) is 5.28 Å². The minimum atomic E-state index is -0.338. The Bertz CT molecular complexity index is 523. The van der Waals surface area contributed by atoms with E-state index >= 15 is 0 Å². The molecule has 1 heterocycles. The highest BCUT2D eigenvalue weighted by atomic mass is 35.5. The van der Waals surface area contributed by atoms with Crippen LogP contribution in [0.4, 0.5) is 11.5 Å². The van der Waals surface area contributed by atoms with Crippen molar-refractivity contribution in [1.29, 1.82) is 0 Å². The van der Waals surface area contributed by atoms with Gasteiger partial charge < -0.3 is 9.64 Å². The van der Waals surface area contributed by atoms with E-state index in [2.05, 4.69) is 14.7 Å². The molecule has 9 heteroatoms. The molecule has 1 aromatic rings. The molecule has 8 nitrogen and oxygen atoms in total. The quantitative estimate of drug-likeness (QED) is 0.464. The molecule has 1 fully saturated rings. The fraction of sp³-hybridized carbons (Fsp3) is 0.615. The highest BCUT2D eigenvalue weighted by Gasteiger charge is 2.28. The summed E-state index contributed by atoms with van der Waals surface area (Å²) < 4.78 is 4.67. The zero-order chi connectivity index (χ0) is 16.1. The number of rotatable bonds is 6. The molecule has 0 aliphatic heterocycles. The molecule has 0 spiro atoms. The van der Waals surface area contributed by atoms with Crippen molar-refractivity contribution < 1.29 is 19.9 Å². The van der Waals surface area contributed by atoms with Gasteiger partial charge in [0.1, 0.15) is 0 Å². The van der Waals surface area contributed by atoms with E-state index in [-0.39, 0.29) is 34.6 Å². The number of methoxy groups -OCH3 is 1. The van der Waals surface area contributed by atoms with E-state index in [1.807, 2.05) is 4.90 Å². The summed E-state index contributed by atoms with van der Waals surface area (Å²) in [6, 6.07) is 0.161. The Labute approximate surface area is 133 Å². The molecular weight excluding hydrogens is 312 g/mol. The number of nitrogens with zero attached hydrogens (tertiary/aromatic N) is 4. The lowest BCUT2D eigenvalue weighted by atomic mass is 10.2. The third-order valence-electron chi connectivity index (χ3n) is 3.76. The fourth-order valence-corrected chi connectivity index (χ4v) is 2.82. The van der Waals surface area contributed by atoms with E-state index in [9.17, 15) is 15.2 Å². The average molecular weight is 331 g/mol. The largest absolute Gasteiger partial charge is 0.469 e. The summed E-state index contributed by atoms with van der Waals surface area (Å²) in [5.74, 6) is -0.0460. The van der Waals surface area contributed by atoms with Gasteiger partial charge in [0.05, 0.1) is 19.7 Å². The SMILES string of the molecule is COC(=O)CCN(c1nc(Cl)ncc1N(O)O)C1CCCC1. The predicted octanol–water partition coefficient (Wildman–Crippen LogP) is 2.03. The number of esters is 1. The molecule has 122 valence electrons. The Morgan fingerprint density at radius 1 is 1.45 bits per heavy atom. The predicted molar refractivity (Wildman–Crippen MR) is 79.3 cm³/mol. The third-order valence-corrected chi connectivity index (χ3v) is 3.94. The molecule has 1 aromatic heterocycles. The molecule has 0 radical (unpaired) electrons. The Morgan fingerprint density at radius 2 is 2.14 bits per heavy atom. The van der Waals surface area contributed by atoms with Crippen molar-refractivity contribution in [1.82, 2.24) is 9.97 Å². The Morgan fingerprint density at radius 3 is 2.73 bits per heavy atom.